The molecule has 3 N–H and O–H groups in total. The van der Waals surface area contributed by atoms with Crippen molar-refractivity contribution in [2.75, 3.05) is 20.7 Å². The van der Waals surface area contributed by atoms with Crippen molar-refractivity contribution in [1.82, 2.24) is 4.90 Å². The van der Waals surface area contributed by atoms with Gasteiger partial charge in [-0.1, -0.05) is 6.07 Å². The maximum atomic E-state index is 10.9. The minimum absolute atomic E-state index is 0.124. The van der Waals surface area contributed by atoms with Crippen LogP contribution in [-0.4, -0.2) is 42.6 Å². The fourth-order valence-corrected chi connectivity index (χ4v) is 1.78. The summed E-state index contributed by atoms with van der Waals surface area (Å²) in [5.41, 5.74) is 6.75. The number of primary amides is 1. The van der Waals surface area contributed by atoms with E-state index in [0.717, 1.165) is 17.2 Å². The molecule has 20 heavy (non-hydrogen) atoms. The predicted molar refractivity (Wildman–Crippen MR) is 75.2 cm³/mol. The largest absolute Gasteiger partial charge is 0.497 e. The summed E-state index contributed by atoms with van der Waals surface area (Å²) in [5, 5.41) is 8.68. The summed E-state index contributed by atoms with van der Waals surface area (Å²) < 4.78 is 5.15. The van der Waals surface area contributed by atoms with Crippen LogP contribution in [0.1, 0.15) is 11.1 Å². The Kier molecular flexibility index (Phi) is 5.74. The van der Waals surface area contributed by atoms with E-state index in [-0.39, 0.29) is 6.54 Å². The quantitative estimate of drug-likeness (QED) is 0.716. The molecule has 0 saturated heterocycles. The lowest BCUT2D eigenvalue weighted by atomic mass is 10.1. The Labute approximate surface area is 117 Å². The van der Waals surface area contributed by atoms with Crippen molar-refractivity contribution in [2.24, 2.45) is 5.73 Å². The molecule has 0 saturated carbocycles. The molecule has 0 fully saturated rings. The Morgan fingerprint density at radius 3 is 2.70 bits per heavy atom. The molecule has 0 aliphatic rings. The van der Waals surface area contributed by atoms with E-state index in [9.17, 15) is 9.59 Å². The number of carbonyl (C=O) groups is 2. The number of carboxylic acids is 1. The van der Waals surface area contributed by atoms with Gasteiger partial charge in [-0.25, -0.2) is 4.79 Å². The van der Waals surface area contributed by atoms with Crippen LogP contribution >= 0.6 is 0 Å². The summed E-state index contributed by atoms with van der Waals surface area (Å²) in [5.74, 6) is -0.768. The van der Waals surface area contributed by atoms with Gasteiger partial charge in [0.15, 0.2) is 0 Å². The molecule has 6 heteroatoms. The molecule has 0 aliphatic heterocycles. The zero-order valence-corrected chi connectivity index (χ0v) is 11.5. The molecule has 1 aromatic carbocycles. The molecule has 1 amide bonds. The minimum Gasteiger partial charge on any atom is -0.497 e. The van der Waals surface area contributed by atoms with Gasteiger partial charge in [0.1, 0.15) is 5.75 Å². The number of hydrogen-bond donors (Lipinski definition) is 2. The zero-order chi connectivity index (χ0) is 15.1. The average molecular weight is 278 g/mol. The summed E-state index contributed by atoms with van der Waals surface area (Å²) in [6.07, 6.45) is 2.58. The maximum Gasteiger partial charge on any atom is 0.328 e. The molecular formula is C14H18N2O4. The van der Waals surface area contributed by atoms with Crippen LogP contribution in [0.25, 0.3) is 6.08 Å². The van der Waals surface area contributed by atoms with Crippen molar-refractivity contribution < 1.29 is 19.4 Å². The third-order valence-corrected chi connectivity index (χ3v) is 2.62. The van der Waals surface area contributed by atoms with Gasteiger partial charge in [0.2, 0.25) is 5.91 Å². The summed E-state index contributed by atoms with van der Waals surface area (Å²) in [6.45, 7) is 0.582. The monoisotopic (exact) mass is 278 g/mol. The summed E-state index contributed by atoms with van der Waals surface area (Å²) in [4.78, 5) is 23.2. The highest BCUT2D eigenvalue weighted by molar-refractivity contribution is 5.85. The molecule has 0 aromatic heterocycles. The molecule has 6 nitrogen and oxygen atoms in total. The molecular weight excluding hydrogens is 260 g/mol. The van der Waals surface area contributed by atoms with Gasteiger partial charge >= 0.3 is 5.97 Å². The third-order valence-electron chi connectivity index (χ3n) is 2.62. The number of rotatable bonds is 7. The molecule has 108 valence electrons. The van der Waals surface area contributed by atoms with Crippen LogP contribution in [0.15, 0.2) is 24.3 Å². The van der Waals surface area contributed by atoms with E-state index >= 15 is 0 Å². The van der Waals surface area contributed by atoms with E-state index in [1.807, 2.05) is 0 Å². The Morgan fingerprint density at radius 1 is 1.45 bits per heavy atom. The minimum atomic E-state index is -1.02. The first kappa shape index (κ1) is 15.7. The molecule has 0 radical (unpaired) electrons. The fourth-order valence-electron chi connectivity index (χ4n) is 1.78. The molecule has 0 aliphatic carbocycles. The first-order valence-electron chi connectivity index (χ1n) is 5.97. The first-order valence-corrected chi connectivity index (χ1v) is 5.97. The lowest BCUT2D eigenvalue weighted by Crippen LogP contribution is -2.30. The second-order valence-electron chi connectivity index (χ2n) is 4.37. The van der Waals surface area contributed by atoms with Crippen molar-refractivity contribution >= 4 is 18.0 Å². The highest BCUT2D eigenvalue weighted by Gasteiger charge is 2.08. The first-order chi connectivity index (χ1) is 9.42. The van der Waals surface area contributed by atoms with E-state index in [4.69, 9.17) is 15.6 Å². The van der Waals surface area contributed by atoms with Gasteiger partial charge in [0, 0.05) is 12.6 Å². The summed E-state index contributed by atoms with van der Waals surface area (Å²) >= 11 is 0. The Bertz CT molecular complexity index is 526. The molecule has 1 rings (SSSR count). The number of methoxy groups -OCH3 is 1. The van der Waals surface area contributed by atoms with E-state index in [1.54, 1.807) is 37.3 Å². The number of benzene rings is 1. The van der Waals surface area contributed by atoms with Crippen LogP contribution in [0, 0.1) is 0 Å². The fraction of sp³-hybridized carbons (Fsp3) is 0.286. The predicted octanol–water partition coefficient (Wildman–Crippen LogP) is 0.710. The van der Waals surface area contributed by atoms with E-state index in [2.05, 4.69) is 0 Å². The van der Waals surface area contributed by atoms with Crippen LogP contribution in [-0.2, 0) is 16.1 Å². The number of nitrogens with zero attached hydrogens (tertiary/aromatic N) is 1. The smallest absolute Gasteiger partial charge is 0.328 e. The normalized spacial score (nSPS) is 10.9. The number of carboxylic acid groups (broad SMARTS) is 1. The zero-order valence-electron chi connectivity index (χ0n) is 11.5. The van der Waals surface area contributed by atoms with Crippen molar-refractivity contribution in [3.63, 3.8) is 0 Å². The van der Waals surface area contributed by atoms with E-state index in [1.165, 1.54) is 6.08 Å². The van der Waals surface area contributed by atoms with Crippen LogP contribution in [0.2, 0.25) is 0 Å². The maximum absolute atomic E-state index is 10.9. The highest BCUT2D eigenvalue weighted by atomic mass is 16.5. The average Bonchev–Trinajstić information content (AvgIpc) is 2.35. The number of aliphatic carboxylic acids is 1. The highest BCUT2D eigenvalue weighted by Crippen LogP contribution is 2.20. The Morgan fingerprint density at radius 2 is 2.15 bits per heavy atom. The number of carbonyl (C=O) groups excluding carboxylic acids is 1. The lowest BCUT2D eigenvalue weighted by Gasteiger charge is -2.17. The molecule has 0 spiro atoms. The number of nitrogens with two attached hydrogens (primary N) is 1. The molecule has 0 atom stereocenters. The summed E-state index contributed by atoms with van der Waals surface area (Å²) in [7, 11) is 3.31. The lowest BCUT2D eigenvalue weighted by molar-refractivity contribution is -0.131. The van der Waals surface area contributed by atoms with Crippen LogP contribution < -0.4 is 10.5 Å². The van der Waals surface area contributed by atoms with Crippen LogP contribution in [0.4, 0.5) is 0 Å². The van der Waals surface area contributed by atoms with Crippen LogP contribution in [0.5, 0.6) is 5.75 Å². The summed E-state index contributed by atoms with van der Waals surface area (Å²) in [6, 6.07) is 5.32. The van der Waals surface area contributed by atoms with E-state index < -0.39 is 11.9 Å². The molecule has 0 unspecified atom stereocenters. The number of hydrogen-bond acceptors (Lipinski definition) is 4. The molecule has 1 aromatic rings. The topological polar surface area (TPSA) is 92.9 Å². The Balaban J connectivity index is 2.99. The number of likely N-dealkylation sites (N-methyl/N-ethyl adjacent to an activating group) is 1. The van der Waals surface area contributed by atoms with Crippen molar-refractivity contribution in [3.05, 3.63) is 35.4 Å². The molecule has 0 heterocycles. The molecule has 0 bridgehead atoms. The van der Waals surface area contributed by atoms with Crippen molar-refractivity contribution in [3.8, 4) is 5.75 Å². The third kappa shape index (κ3) is 5.11. The van der Waals surface area contributed by atoms with Crippen LogP contribution in [0.3, 0.4) is 0 Å². The van der Waals surface area contributed by atoms with Gasteiger partial charge in [0.05, 0.1) is 13.7 Å². The van der Waals surface area contributed by atoms with Gasteiger partial charge < -0.3 is 15.6 Å². The van der Waals surface area contributed by atoms with Gasteiger partial charge in [-0.15, -0.1) is 0 Å². The second-order valence-corrected chi connectivity index (χ2v) is 4.37. The Hall–Kier alpha value is -2.34. The number of ether oxygens (including phenoxy) is 1. The van der Waals surface area contributed by atoms with Crippen molar-refractivity contribution in [2.45, 2.75) is 6.54 Å². The second kappa shape index (κ2) is 7.30. The van der Waals surface area contributed by atoms with E-state index in [0.29, 0.717) is 12.3 Å². The van der Waals surface area contributed by atoms with Gasteiger partial charge in [0.25, 0.3) is 0 Å². The standard InChI is InChI=1S/C14H18N2O4/c1-16(9-13(15)17)8-11-7-12(20-2)5-3-10(11)4-6-14(18)19/h3-7H,8-9H2,1-2H3,(H2,15,17)(H,18,19). The van der Waals surface area contributed by atoms with Gasteiger partial charge in [-0.2, -0.15) is 0 Å². The SMILES string of the molecule is COc1ccc(C=CC(=O)O)c(CN(C)CC(N)=O)c1. The van der Waals surface area contributed by atoms with Gasteiger partial charge in [-0.05, 0) is 36.4 Å². The van der Waals surface area contributed by atoms with Crippen molar-refractivity contribution in [1.29, 1.82) is 0 Å². The number of amides is 1. The van der Waals surface area contributed by atoms with Gasteiger partial charge in [-0.3, -0.25) is 9.69 Å².